The van der Waals surface area contributed by atoms with Crippen LogP contribution in [0, 0.1) is 11.7 Å². The topological polar surface area (TPSA) is 112 Å². The number of ether oxygens (including phenoxy) is 1. The molecule has 8 nitrogen and oxygen atoms in total. The van der Waals surface area contributed by atoms with E-state index in [1.165, 1.54) is 17.3 Å². The molecular formula is C28H37ClN6O2S. The second-order valence-electron chi connectivity index (χ2n) is 10.2. The van der Waals surface area contributed by atoms with E-state index in [0.717, 1.165) is 37.4 Å². The fraction of sp³-hybridized carbons (Fsp3) is 0.429. The highest BCUT2D eigenvalue weighted by atomic mass is 35.5. The lowest BCUT2D eigenvalue weighted by Crippen LogP contribution is -2.27. The Morgan fingerprint density at radius 1 is 1.11 bits per heavy atom. The third kappa shape index (κ3) is 6.39. The molecule has 0 saturated carbocycles. The third-order valence-corrected chi connectivity index (χ3v) is 9.24. The number of aromatic nitrogens is 2. The van der Waals surface area contributed by atoms with Gasteiger partial charge in [-0.25, -0.2) is 14.0 Å². The summed E-state index contributed by atoms with van der Waals surface area (Å²) in [5, 5.41) is 9.89. The standard InChI is InChI=1S/C28H37ClN6O2S/c1-17(2)37-25-15-21(20-10-12-31-13-11-20)19(5)14-24(25)34-28-32-16-22(29)27(35-28)33-23-8-6-7-9-26(23)38(30,36)18(3)4/h6-9,14-18,20,30-31H,10-13H2,1-5H3,(H2,32,33,34,35). The third-order valence-electron chi connectivity index (χ3n) is 6.63. The normalized spacial score (nSPS) is 15.9. The molecule has 4 N–H and O–H groups in total. The minimum atomic E-state index is -3.02. The van der Waals surface area contributed by atoms with Gasteiger partial charge in [-0.15, -0.1) is 0 Å². The molecule has 2 heterocycles. The van der Waals surface area contributed by atoms with Crippen molar-refractivity contribution >= 4 is 44.5 Å². The molecule has 1 aromatic heterocycles. The molecule has 1 saturated heterocycles. The van der Waals surface area contributed by atoms with Crippen molar-refractivity contribution in [2.24, 2.45) is 0 Å². The number of hydrogen-bond donors (Lipinski definition) is 4. The number of nitrogens with one attached hydrogen (secondary N) is 4. The monoisotopic (exact) mass is 556 g/mol. The van der Waals surface area contributed by atoms with E-state index in [1.807, 2.05) is 19.9 Å². The average Bonchev–Trinajstić information content (AvgIpc) is 2.88. The molecule has 1 fully saturated rings. The number of piperidine rings is 1. The van der Waals surface area contributed by atoms with Gasteiger partial charge in [0.1, 0.15) is 10.8 Å². The smallest absolute Gasteiger partial charge is 0.229 e. The number of halogens is 1. The number of aryl methyl sites for hydroxylation is 1. The summed E-state index contributed by atoms with van der Waals surface area (Å²) in [7, 11) is -3.02. The Morgan fingerprint density at radius 3 is 2.50 bits per heavy atom. The van der Waals surface area contributed by atoms with Crippen molar-refractivity contribution in [2.75, 3.05) is 23.7 Å². The molecular weight excluding hydrogens is 520 g/mol. The van der Waals surface area contributed by atoms with Gasteiger partial charge in [0.2, 0.25) is 5.95 Å². The summed E-state index contributed by atoms with van der Waals surface area (Å²) in [5.74, 6) is 1.95. The molecule has 1 aliphatic rings. The van der Waals surface area contributed by atoms with Crippen molar-refractivity contribution in [2.45, 2.75) is 69.6 Å². The molecule has 2 aromatic carbocycles. The molecule has 1 atom stereocenters. The van der Waals surface area contributed by atoms with Gasteiger partial charge in [0, 0.05) is 5.25 Å². The Bertz CT molecular complexity index is 1390. The first-order valence-corrected chi connectivity index (χ1v) is 15.0. The largest absolute Gasteiger partial charge is 0.489 e. The molecule has 0 amide bonds. The summed E-state index contributed by atoms with van der Waals surface area (Å²) in [6, 6.07) is 11.3. The molecule has 0 bridgehead atoms. The van der Waals surface area contributed by atoms with E-state index in [0.29, 0.717) is 33.3 Å². The Morgan fingerprint density at radius 2 is 1.82 bits per heavy atom. The van der Waals surface area contributed by atoms with Crippen molar-refractivity contribution in [1.29, 1.82) is 4.78 Å². The van der Waals surface area contributed by atoms with Crippen LogP contribution in [0.15, 0.2) is 47.5 Å². The van der Waals surface area contributed by atoms with Gasteiger partial charge in [-0.3, -0.25) is 0 Å². The summed E-state index contributed by atoms with van der Waals surface area (Å²) in [6.45, 7) is 11.7. The number of para-hydroxylation sites is 1. The van der Waals surface area contributed by atoms with Crippen LogP contribution in [0.2, 0.25) is 5.02 Å². The lowest BCUT2D eigenvalue weighted by Gasteiger charge is -2.26. The molecule has 4 rings (SSSR count). The minimum Gasteiger partial charge on any atom is -0.489 e. The molecule has 3 aromatic rings. The number of hydrogen-bond acceptors (Lipinski definition) is 8. The Balaban J connectivity index is 1.66. The van der Waals surface area contributed by atoms with E-state index >= 15 is 0 Å². The first kappa shape index (κ1) is 28.1. The van der Waals surface area contributed by atoms with Crippen LogP contribution in [0.5, 0.6) is 5.75 Å². The highest BCUT2D eigenvalue weighted by Crippen LogP contribution is 2.37. The first-order chi connectivity index (χ1) is 18.1. The molecule has 204 valence electrons. The van der Waals surface area contributed by atoms with Crippen molar-refractivity contribution in [3.63, 3.8) is 0 Å². The fourth-order valence-corrected chi connectivity index (χ4v) is 5.95. The summed E-state index contributed by atoms with van der Waals surface area (Å²) in [5.41, 5.74) is 3.80. The van der Waals surface area contributed by atoms with Gasteiger partial charge in [0.05, 0.1) is 38.3 Å². The molecule has 10 heteroatoms. The number of rotatable bonds is 9. The highest BCUT2D eigenvalue weighted by Gasteiger charge is 2.22. The predicted molar refractivity (Wildman–Crippen MR) is 156 cm³/mol. The van der Waals surface area contributed by atoms with E-state index in [-0.39, 0.29) is 11.4 Å². The Hall–Kier alpha value is -2.88. The van der Waals surface area contributed by atoms with E-state index in [2.05, 4.69) is 45.0 Å². The summed E-state index contributed by atoms with van der Waals surface area (Å²) < 4.78 is 27.8. The van der Waals surface area contributed by atoms with Gasteiger partial charge in [0.15, 0.2) is 5.82 Å². The Labute approximate surface area is 230 Å². The van der Waals surface area contributed by atoms with Gasteiger partial charge in [0.25, 0.3) is 0 Å². The second-order valence-corrected chi connectivity index (χ2v) is 13.2. The van der Waals surface area contributed by atoms with Crippen LogP contribution in [0.1, 0.15) is 57.6 Å². The number of nitrogens with zero attached hydrogens (tertiary/aromatic N) is 2. The minimum absolute atomic E-state index is 0.000295. The van der Waals surface area contributed by atoms with Crippen molar-refractivity contribution in [3.8, 4) is 5.75 Å². The van der Waals surface area contributed by atoms with Gasteiger partial charge in [-0.05, 0) is 102 Å². The molecule has 0 radical (unpaired) electrons. The summed E-state index contributed by atoms with van der Waals surface area (Å²) in [6.07, 6.45) is 3.72. The van der Waals surface area contributed by atoms with Gasteiger partial charge >= 0.3 is 0 Å². The highest BCUT2D eigenvalue weighted by molar-refractivity contribution is 7.93. The van der Waals surface area contributed by atoms with Crippen molar-refractivity contribution < 1.29 is 8.95 Å². The van der Waals surface area contributed by atoms with E-state index in [9.17, 15) is 4.21 Å². The Kier molecular flexibility index (Phi) is 8.80. The first-order valence-electron chi connectivity index (χ1n) is 13.0. The van der Waals surface area contributed by atoms with Crippen LogP contribution in [-0.2, 0) is 9.73 Å². The maximum atomic E-state index is 13.1. The molecule has 0 aliphatic carbocycles. The maximum absolute atomic E-state index is 13.1. The van der Waals surface area contributed by atoms with E-state index in [4.69, 9.17) is 21.1 Å². The van der Waals surface area contributed by atoms with Crippen LogP contribution in [0.4, 0.5) is 23.1 Å². The predicted octanol–water partition coefficient (Wildman–Crippen LogP) is 6.99. The average molecular weight is 557 g/mol. The maximum Gasteiger partial charge on any atom is 0.229 e. The van der Waals surface area contributed by atoms with Crippen molar-refractivity contribution in [1.82, 2.24) is 15.3 Å². The fourth-order valence-electron chi connectivity index (χ4n) is 4.58. The molecule has 1 aliphatic heterocycles. The SMILES string of the molecule is Cc1cc(Nc2ncc(Cl)c(Nc3ccccc3S(=N)(=O)C(C)C)n2)c(OC(C)C)cc1C1CCNCC1. The van der Waals surface area contributed by atoms with E-state index < -0.39 is 9.73 Å². The van der Waals surface area contributed by atoms with Crippen LogP contribution >= 0.6 is 11.6 Å². The van der Waals surface area contributed by atoms with Gasteiger partial charge in [-0.2, -0.15) is 4.98 Å². The summed E-state index contributed by atoms with van der Waals surface area (Å²) in [4.78, 5) is 9.41. The van der Waals surface area contributed by atoms with Crippen LogP contribution in [-0.4, -0.2) is 38.6 Å². The van der Waals surface area contributed by atoms with Gasteiger partial charge < -0.3 is 20.7 Å². The van der Waals surface area contributed by atoms with Gasteiger partial charge in [-0.1, -0.05) is 23.7 Å². The zero-order chi connectivity index (χ0) is 27.4. The second kappa shape index (κ2) is 11.9. The zero-order valence-electron chi connectivity index (χ0n) is 22.6. The lowest BCUT2D eigenvalue weighted by atomic mass is 9.87. The molecule has 0 spiro atoms. The molecule has 38 heavy (non-hydrogen) atoms. The van der Waals surface area contributed by atoms with Crippen LogP contribution in [0.3, 0.4) is 0 Å². The number of benzene rings is 2. The van der Waals surface area contributed by atoms with Crippen LogP contribution < -0.4 is 20.7 Å². The van der Waals surface area contributed by atoms with Crippen LogP contribution in [0.25, 0.3) is 0 Å². The zero-order valence-corrected chi connectivity index (χ0v) is 24.2. The van der Waals surface area contributed by atoms with Crippen molar-refractivity contribution in [3.05, 3.63) is 58.7 Å². The summed E-state index contributed by atoms with van der Waals surface area (Å²) >= 11 is 6.45. The lowest BCUT2D eigenvalue weighted by molar-refractivity contribution is 0.243. The quantitative estimate of drug-likeness (QED) is 0.224. The van der Waals surface area contributed by atoms with E-state index in [1.54, 1.807) is 32.0 Å². The number of anilines is 4. The molecule has 1 unspecified atom stereocenters.